The van der Waals surface area contributed by atoms with Crippen molar-refractivity contribution in [2.75, 3.05) is 6.61 Å². The highest BCUT2D eigenvalue weighted by Crippen LogP contribution is 2.27. The van der Waals surface area contributed by atoms with Crippen molar-refractivity contribution in [3.63, 3.8) is 0 Å². The number of carbonyl (C=O) groups excluding carboxylic acids is 1. The molecular weight excluding hydrogens is 324 g/mol. The molecule has 0 bridgehead atoms. The molecule has 1 aromatic heterocycles. The molecule has 2 rings (SSSR count). The summed E-state index contributed by atoms with van der Waals surface area (Å²) < 4.78 is 6.85. The van der Waals surface area contributed by atoms with Crippen LogP contribution in [0, 0.1) is 6.92 Å². The molecule has 1 heterocycles. The lowest BCUT2D eigenvalue weighted by atomic mass is 10.0. The minimum absolute atomic E-state index is 0.105. The van der Waals surface area contributed by atoms with E-state index in [-0.39, 0.29) is 25.6 Å². The number of carboxylic acids is 1. The number of aliphatic carboxylic acids is 1. The third-order valence-corrected chi connectivity index (χ3v) is 3.50. The Morgan fingerprint density at radius 2 is 2.12 bits per heavy atom. The zero-order chi connectivity index (χ0) is 18.4. The molecule has 0 unspecified atom stereocenters. The number of nitrogens with one attached hydrogen (secondary N) is 1. The Balaban J connectivity index is 1.86. The molecule has 0 saturated carbocycles. The van der Waals surface area contributed by atoms with Crippen LogP contribution in [-0.4, -0.2) is 38.6 Å². The van der Waals surface area contributed by atoms with Crippen LogP contribution in [0.5, 0.6) is 5.75 Å². The van der Waals surface area contributed by atoms with Crippen molar-refractivity contribution >= 4 is 11.9 Å². The summed E-state index contributed by atoms with van der Waals surface area (Å²) in [4.78, 5) is 22.5. The predicted octanol–water partition coefficient (Wildman–Crippen LogP) is 1.49. The number of aryl methyl sites for hydroxylation is 1. The molecule has 0 aliphatic heterocycles. The highest BCUT2D eigenvalue weighted by Gasteiger charge is 2.11. The van der Waals surface area contributed by atoms with Crippen molar-refractivity contribution < 1.29 is 19.4 Å². The van der Waals surface area contributed by atoms with Gasteiger partial charge < -0.3 is 15.2 Å². The lowest BCUT2D eigenvalue weighted by Crippen LogP contribution is -2.28. The molecule has 8 heteroatoms. The second-order valence-electron chi connectivity index (χ2n) is 6.06. The molecule has 2 aromatic rings. The van der Waals surface area contributed by atoms with Crippen LogP contribution in [0.1, 0.15) is 36.6 Å². The zero-order valence-corrected chi connectivity index (χ0v) is 14.5. The molecule has 8 nitrogen and oxygen atoms in total. The van der Waals surface area contributed by atoms with Crippen LogP contribution in [0.4, 0.5) is 0 Å². The number of aromatic nitrogens is 3. The number of ether oxygens (including phenoxy) is 1. The molecule has 2 N–H and O–H groups in total. The van der Waals surface area contributed by atoms with Gasteiger partial charge in [-0.3, -0.25) is 9.59 Å². The van der Waals surface area contributed by atoms with E-state index in [1.165, 1.54) is 10.9 Å². The van der Waals surface area contributed by atoms with E-state index in [4.69, 9.17) is 9.84 Å². The summed E-state index contributed by atoms with van der Waals surface area (Å²) in [5.74, 6) is -0.294. The quantitative estimate of drug-likeness (QED) is 0.750. The highest BCUT2D eigenvalue weighted by atomic mass is 16.5. The first-order chi connectivity index (χ1) is 11.8. The van der Waals surface area contributed by atoms with Crippen LogP contribution >= 0.6 is 0 Å². The smallest absolute Gasteiger partial charge is 0.325 e. The third kappa shape index (κ3) is 5.59. The standard InChI is InChI=1S/C17H22N4O4/c1-11(2)14-5-4-12(3)6-15(14)25-10-16(22)18-7-13-8-21(20-19-13)9-17(23)24/h4-6,8,11H,7,9-10H2,1-3H3,(H,18,22)(H,23,24). The second-order valence-corrected chi connectivity index (χ2v) is 6.06. The van der Waals surface area contributed by atoms with Crippen LogP contribution < -0.4 is 10.1 Å². The lowest BCUT2D eigenvalue weighted by molar-refractivity contribution is -0.138. The molecule has 0 spiro atoms. The van der Waals surface area contributed by atoms with Crippen LogP contribution in [0.25, 0.3) is 0 Å². The monoisotopic (exact) mass is 346 g/mol. The van der Waals surface area contributed by atoms with Gasteiger partial charge in [0.25, 0.3) is 5.91 Å². The molecule has 0 aliphatic rings. The Morgan fingerprint density at radius 3 is 2.80 bits per heavy atom. The number of carbonyl (C=O) groups is 2. The number of benzene rings is 1. The molecular formula is C17H22N4O4. The summed E-state index contributed by atoms with van der Waals surface area (Å²) >= 11 is 0. The lowest BCUT2D eigenvalue weighted by Gasteiger charge is -2.14. The minimum Gasteiger partial charge on any atom is -0.483 e. The van der Waals surface area contributed by atoms with Gasteiger partial charge in [0.05, 0.1) is 12.7 Å². The van der Waals surface area contributed by atoms with E-state index >= 15 is 0 Å². The van der Waals surface area contributed by atoms with Crippen molar-refractivity contribution in [2.24, 2.45) is 0 Å². The molecule has 0 atom stereocenters. The van der Waals surface area contributed by atoms with Crippen molar-refractivity contribution in [1.82, 2.24) is 20.3 Å². The average molecular weight is 346 g/mol. The molecule has 0 saturated heterocycles. The Kier molecular flexibility index (Phi) is 6.10. The van der Waals surface area contributed by atoms with Crippen LogP contribution in [0.15, 0.2) is 24.4 Å². The Morgan fingerprint density at radius 1 is 1.36 bits per heavy atom. The molecule has 134 valence electrons. The summed E-state index contributed by atoms with van der Waals surface area (Å²) in [6.45, 7) is 5.89. The van der Waals surface area contributed by atoms with Crippen molar-refractivity contribution in [2.45, 2.75) is 39.8 Å². The average Bonchev–Trinajstić information content (AvgIpc) is 2.97. The van der Waals surface area contributed by atoms with Gasteiger partial charge in [0.2, 0.25) is 0 Å². The van der Waals surface area contributed by atoms with E-state index in [2.05, 4.69) is 29.5 Å². The number of nitrogens with zero attached hydrogens (tertiary/aromatic N) is 3. The Labute approximate surface area is 145 Å². The van der Waals surface area contributed by atoms with Gasteiger partial charge in [-0.05, 0) is 30.0 Å². The van der Waals surface area contributed by atoms with Crippen LogP contribution in [0.2, 0.25) is 0 Å². The predicted molar refractivity (Wildman–Crippen MR) is 90.3 cm³/mol. The van der Waals surface area contributed by atoms with E-state index in [1.54, 1.807) is 0 Å². The van der Waals surface area contributed by atoms with E-state index in [9.17, 15) is 9.59 Å². The fraction of sp³-hybridized carbons (Fsp3) is 0.412. The van der Waals surface area contributed by atoms with Gasteiger partial charge in [-0.15, -0.1) is 5.10 Å². The first-order valence-corrected chi connectivity index (χ1v) is 7.96. The molecule has 1 aromatic carbocycles. The largest absolute Gasteiger partial charge is 0.483 e. The number of amides is 1. The van der Waals surface area contributed by atoms with Crippen molar-refractivity contribution in [3.8, 4) is 5.75 Å². The highest BCUT2D eigenvalue weighted by molar-refractivity contribution is 5.77. The topological polar surface area (TPSA) is 106 Å². The number of rotatable bonds is 8. The maximum absolute atomic E-state index is 12.0. The third-order valence-electron chi connectivity index (χ3n) is 3.50. The van der Waals surface area contributed by atoms with Gasteiger partial charge >= 0.3 is 5.97 Å². The molecule has 25 heavy (non-hydrogen) atoms. The maximum atomic E-state index is 12.0. The fourth-order valence-electron chi connectivity index (χ4n) is 2.26. The van der Waals surface area contributed by atoms with Crippen molar-refractivity contribution in [3.05, 3.63) is 41.2 Å². The fourth-order valence-corrected chi connectivity index (χ4v) is 2.26. The van der Waals surface area contributed by atoms with Crippen LogP contribution in [-0.2, 0) is 22.7 Å². The van der Waals surface area contributed by atoms with Gasteiger partial charge in [0.1, 0.15) is 18.0 Å². The second kappa shape index (κ2) is 8.27. The van der Waals surface area contributed by atoms with E-state index in [0.717, 1.165) is 11.1 Å². The Hall–Kier alpha value is -2.90. The number of hydrogen-bond acceptors (Lipinski definition) is 5. The van der Waals surface area contributed by atoms with Gasteiger partial charge in [-0.1, -0.05) is 31.2 Å². The molecule has 0 aliphatic carbocycles. The molecule has 1 amide bonds. The number of hydrogen-bond donors (Lipinski definition) is 2. The van der Waals surface area contributed by atoms with Crippen molar-refractivity contribution in [1.29, 1.82) is 0 Å². The van der Waals surface area contributed by atoms with E-state index < -0.39 is 5.97 Å². The normalized spacial score (nSPS) is 10.7. The maximum Gasteiger partial charge on any atom is 0.325 e. The first kappa shape index (κ1) is 18.4. The summed E-state index contributed by atoms with van der Waals surface area (Å²) in [7, 11) is 0. The summed E-state index contributed by atoms with van der Waals surface area (Å²) in [6.07, 6.45) is 1.48. The van der Waals surface area contributed by atoms with E-state index in [0.29, 0.717) is 17.4 Å². The minimum atomic E-state index is -1.01. The van der Waals surface area contributed by atoms with Gasteiger partial charge in [-0.25, -0.2) is 4.68 Å². The summed E-state index contributed by atoms with van der Waals surface area (Å²) in [5.41, 5.74) is 2.60. The summed E-state index contributed by atoms with van der Waals surface area (Å²) in [6, 6.07) is 5.94. The summed E-state index contributed by atoms with van der Waals surface area (Å²) in [5, 5.41) is 18.8. The molecule has 0 fully saturated rings. The molecule has 0 radical (unpaired) electrons. The Bertz CT molecular complexity index is 755. The van der Waals surface area contributed by atoms with Gasteiger partial charge in [0.15, 0.2) is 6.61 Å². The van der Waals surface area contributed by atoms with E-state index in [1.807, 2.05) is 25.1 Å². The SMILES string of the molecule is Cc1ccc(C(C)C)c(OCC(=O)NCc2cn(CC(=O)O)nn2)c1. The zero-order valence-electron chi connectivity index (χ0n) is 14.5. The first-order valence-electron chi connectivity index (χ1n) is 7.96. The van der Waals surface area contributed by atoms with Gasteiger partial charge in [0, 0.05) is 0 Å². The van der Waals surface area contributed by atoms with Crippen LogP contribution in [0.3, 0.4) is 0 Å². The van der Waals surface area contributed by atoms with Gasteiger partial charge in [-0.2, -0.15) is 0 Å². The number of carboxylic acid groups (broad SMARTS) is 1.